The second-order valence-corrected chi connectivity index (χ2v) is 5.51. The van der Waals surface area contributed by atoms with Crippen LogP contribution in [0.2, 0.25) is 0 Å². The van der Waals surface area contributed by atoms with Crippen molar-refractivity contribution in [3.05, 3.63) is 24.3 Å². The molecule has 1 aliphatic rings. The van der Waals surface area contributed by atoms with Crippen molar-refractivity contribution < 1.29 is 4.74 Å². The van der Waals surface area contributed by atoms with E-state index in [1.807, 2.05) is 6.07 Å². The molecule has 0 fully saturated rings. The molecule has 0 saturated carbocycles. The minimum absolute atomic E-state index is 0.749. The smallest absolute Gasteiger partial charge is 0.142 e. The molecule has 100 valence electrons. The van der Waals surface area contributed by atoms with E-state index in [2.05, 4.69) is 42.7 Å². The lowest BCUT2D eigenvalue weighted by Crippen LogP contribution is -2.26. The molecule has 0 aliphatic carbocycles. The number of hydrogen-bond donors (Lipinski definition) is 1. The maximum atomic E-state index is 5.78. The van der Waals surface area contributed by atoms with Crippen LogP contribution < -0.4 is 9.64 Å². The second-order valence-electron chi connectivity index (χ2n) is 5.06. The molecule has 0 saturated heterocycles. The van der Waals surface area contributed by atoms with Gasteiger partial charge >= 0.3 is 0 Å². The van der Waals surface area contributed by atoms with E-state index in [1.165, 1.54) is 18.5 Å². The van der Waals surface area contributed by atoms with Crippen LogP contribution in [0, 0.1) is 5.92 Å². The van der Waals surface area contributed by atoms with Crippen LogP contribution in [0.1, 0.15) is 26.2 Å². The molecule has 0 spiro atoms. The lowest BCUT2D eigenvalue weighted by Gasteiger charge is -2.25. The number of para-hydroxylation sites is 2. The zero-order chi connectivity index (χ0) is 12.8. The Bertz CT molecular complexity index is 369. The van der Waals surface area contributed by atoms with E-state index in [0.29, 0.717) is 0 Å². The Morgan fingerprint density at radius 1 is 1.33 bits per heavy atom. The number of thiol groups is 1. The highest BCUT2D eigenvalue weighted by molar-refractivity contribution is 7.80. The molecule has 2 rings (SSSR count). The van der Waals surface area contributed by atoms with Crippen molar-refractivity contribution >= 4 is 18.3 Å². The zero-order valence-electron chi connectivity index (χ0n) is 11.1. The summed E-state index contributed by atoms with van der Waals surface area (Å²) in [7, 11) is 0. The van der Waals surface area contributed by atoms with Crippen LogP contribution >= 0.6 is 12.6 Å². The van der Waals surface area contributed by atoms with Gasteiger partial charge in [0.15, 0.2) is 0 Å². The summed E-state index contributed by atoms with van der Waals surface area (Å²) < 4.78 is 5.78. The second kappa shape index (κ2) is 6.93. The molecule has 1 atom stereocenters. The molecule has 18 heavy (non-hydrogen) atoms. The molecular formula is C15H23NOS. The van der Waals surface area contributed by atoms with Crippen LogP contribution in [0.15, 0.2) is 24.3 Å². The maximum Gasteiger partial charge on any atom is 0.142 e. The Kier molecular flexibility index (Phi) is 5.24. The van der Waals surface area contributed by atoms with Gasteiger partial charge in [-0.2, -0.15) is 12.6 Å². The van der Waals surface area contributed by atoms with Gasteiger partial charge in [0.05, 0.1) is 12.3 Å². The summed E-state index contributed by atoms with van der Waals surface area (Å²) in [4.78, 5) is 2.47. The van der Waals surface area contributed by atoms with Crippen LogP contribution in [-0.4, -0.2) is 25.4 Å². The molecule has 1 unspecified atom stereocenters. The van der Waals surface area contributed by atoms with Gasteiger partial charge in [-0.1, -0.05) is 19.1 Å². The third-order valence-electron chi connectivity index (χ3n) is 3.55. The first-order valence-corrected chi connectivity index (χ1v) is 7.52. The lowest BCUT2D eigenvalue weighted by atomic mass is 10.0. The van der Waals surface area contributed by atoms with Gasteiger partial charge in [0.1, 0.15) is 5.75 Å². The fourth-order valence-corrected chi connectivity index (χ4v) is 2.81. The fourth-order valence-electron chi connectivity index (χ4n) is 2.37. The molecule has 0 aromatic heterocycles. The first-order chi connectivity index (χ1) is 8.81. The van der Waals surface area contributed by atoms with E-state index in [-0.39, 0.29) is 0 Å². The molecule has 3 heteroatoms. The van der Waals surface area contributed by atoms with Crippen LogP contribution in [0.3, 0.4) is 0 Å². The summed E-state index contributed by atoms with van der Waals surface area (Å²) in [5, 5.41) is 0. The first kappa shape index (κ1) is 13.6. The molecule has 1 heterocycles. The fraction of sp³-hybridized carbons (Fsp3) is 0.600. The van der Waals surface area contributed by atoms with E-state index < -0.39 is 0 Å². The van der Waals surface area contributed by atoms with E-state index in [0.717, 1.165) is 43.5 Å². The van der Waals surface area contributed by atoms with Gasteiger partial charge in [-0.25, -0.2) is 0 Å². The standard InChI is InChI=1S/C15H23NOS/c1-13(8-12-18)7-10-16-9-4-11-17-15-6-3-2-5-14(15)16/h2-3,5-6,13,18H,4,7-12H2,1H3. The molecule has 1 aromatic rings. The minimum Gasteiger partial charge on any atom is -0.491 e. The lowest BCUT2D eigenvalue weighted by molar-refractivity contribution is 0.322. The molecule has 2 nitrogen and oxygen atoms in total. The topological polar surface area (TPSA) is 12.5 Å². The summed E-state index contributed by atoms with van der Waals surface area (Å²) in [5.74, 6) is 2.77. The third-order valence-corrected chi connectivity index (χ3v) is 3.81. The zero-order valence-corrected chi connectivity index (χ0v) is 12.0. The van der Waals surface area contributed by atoms with Crippen molar-refractivity contribution in [3.63, 3.8) is 0 Å². The van der Waals surface area contributed by atoms with Crippen LogP contribution in [-0.2, 0) is 0 Å². The van der Waals surface area contributed by atoms with Crippen molar-refractivity contribution in [1.82, 2.24) is 0 Å². The summed E-state index contributed by atoms with van der Waals surface area (Å²) in [6.45, 7) is 5.37. The van der Waals surface area contributed by atoms with E-state index >= 15 is 0 Å². The first-order valence-electron chi connectivity index (χ1n) is 6.89. The number of fused-ring (bicyclic) bond motifs is 1. The van der Waals surface area contributed by atoms with Gasteiger partial charge in [-0.3, -0.25) is 0 Å². The average molecular weight is 265 g/mol. The number of hydrogen-bond acceptors (Lipinski definition) is 3. The molecule has 0 N–H and O–H groups in total. The Morgan fingerprint density at radius 3 is 3.00 bits per heavy atom. The van der Waals surface area contributed by atoms with Gasteiger partial charge in [0.2, 0.25) is 0 Å². The largest absolute Gasteiger partial charge is 0.491 e. The highest BCUT2D eigenvalue weighted by atomic mass is 32.1. The van der Waals surface area contributed by atoms with Crippen molar-refractivity contribution in [2.75, 3.05) is 30.3 Å². The summed E-state index contributed by atoms with van der Waals surface area (Å²) >= 11 is 4.31. The monoisotopic (exact) mass is 265 g/mol. The third kappa shape index (κ3) is 3.58. The van der Waals surface area contributed by atoms with Gasteiger partial charge in [-0.05, 0) is 43.1 Å². The molecule has 0 bridgehead atoms. The summed E-state index contributed by atoms with van der Waals surface area (Å²) in [6.07, 6.45) is 3.54. The van der Waals surface area contributed by atoms with Crippen LogP contribution in [0.4, 0.5) is 5.69 Å². The Labute approximate surface area is 116 Å². The number of benzene rings is 1. The maximum absolute atomic E-state index is 5.78. The highest BCUT2D eigenvalue weighted by Crippen LogP contribution is 2.30. The van der Waals surface area contributed by atoms with Crippen molar-refractivity contribution in [1.29, 1.82) is 0 Å². The SMILES string of the molecule is CC(CCS)CCN1CCCOc2ccccc21. The van der Waals surface area contributed by atoms with E-state index in [1.54, 1.807) is 0 Å². The Hall–Kier alpha value is -0.830. The highest BCUT2D eigenvalue weighted by Gasteiger charge is 2.16. The van der Waals surface area contributed by atoms with Crippen molar-refractivity contribution in [2.45, 2.75) is 26.2 Å². The normalized spacial score (nSPS) is 16.7. The van der Waals surface area contributed by atoms with Gasteiger partial charge in [-0.15, -0.1) is 0 Å². The predicted molar refractivity (Wildman–Crippen MR) is 81.0 cm³/mol. The van der Waals surface area contributed by atoms with Crippen LogP contribution in [0.25, 0.3) is 0 Å². The Morgan fingerprint density at radius 2 is 2.17 bits per heavy atom. The van der Waals surface area contributed by atoms with Gasteiger partial charge in [0.25, 0.3) is 0 Å². The molecule has 1 aliphatic heterocycles. The minimum atomic E-state index is 0.749. The number of nitrogens with zero attached hydrogens (tertiary/aromatic N) is 1. The summed E-state index contributed by atoms with van der Waals surface area (Å²) in [5.41, 5.74) is 1.26. The number of ether oxygens (including phenoxy) is 1. The number of anilines is 1. The average Bonchev–Trinajstić information content (AvgIpc) is 2.59. The van der Waals surface area contributed by atoms with E-state index in [9.17, 15) is 0 Å². The summed E-state index contributed by atoms with van der Waals surface area (Å²) in [6, 6.07) is 8.39. The van der Waals surface area contributed by atoms with Gasteiger partial charge in [0, 0.05) is 13.1 Å². The van der Waals surface area contributed by atoms with E-state index in [4.69, 9.17) is 4.74 Å². The Balaban J connectivity index is 1.99. The predicted octanol–water partition coefficient (Wildman–Crippen LogP) is 3.62. The quantitative estimate of drug-likeness (QED) is 0.816. The van der Waals surface area contributed by atoms with Gasteiger partial charge < -0.3 is 9.64 Å². The van der Waals surface area contributed by atoms with Crippen LogP contribution in [0.5, 0.6) is 5.75 Å². The molecule has 0 amide bonds. The molecule has 1 aromatic carbocycles. The molecular weight excluding hydrogens is 242 g/mol. The molecule has 0 radical (unpaired) electrons. The van der Waals surface area contributed by atoms with Crippen molar-refractivity contribution in [2.24, 2.45) is 5.92 Å². The van der Waals surface area contributed by atoms with Crippen molar-refractivity contribution in [3.8, 4) is 5.75 Å². The number of rotatable bonds is 5.